The Morgan fingerprint density at radius 3 is 2.65 bits per heavy atom. The van der Waals surface area contributed by atoms with Gasteiger partial charge in [-0.1, -0.05) is 18.2 Å². The van der Waals surface area contributed by atoms with E-state index in [4.69, 9.17) is 0 Å². The van der Waals surface area contributed by atoms with Crippen molar-refractivity contribution >= 4 is 23.2 Å². The highest BCUT2D eigenvalue weighted by Crippen LogP contribution is 2.17. The zero-order valence-electron chi connectivity index (χ0n) is 9.31. The zero-order chi connectivity index (χ0) is 12.3. The molecular weight excluding hydrogens is 235 g/mol. The third-order valence-electron chi connectivity index (χ3n) is 2.30. The lowest BCUT2D eigenvalue weighted by molar-refractivity contribution is 0.105. The van der Waals surface area contributed by atoms with E-state index in [9.17, 15) is 9.18 Å². The van der Waals surface area contributed by atoms with E-state index in [2.05, 4.69) is 0 Å². The summed E-state index contributed by atoms with van der Waals surface area (Å²) < 4.78 is 13.3. The molecule has 0 saturated heterocycles. The van der Waals surface area contributed by atoms with Crippen LogP contribution in [0.2, 0.25) is 0 Å². The zero-order valence-corrected chi connectivity index (χ0v) is 10.1. The summed E-state index contributed by atoms with van der Waals surface area (Å²) in [6.07, 6.45) is 2.91. The second-order valence-electron chi connectivity index (χ2n) is 3.63. The molecule has 0 saturated carbocycles. The van der Waals surface area contributed by atoms with Gasteiger partial charge in [-0.15, -0.1) is 11.3 Å². The van der Waals surface area contributed by atoms with E-state index >= 15 is 0 Å². The summed E-state index contributed by atoms with van der Waals surface area (Å²) in [7, 11) is 0. The monoisotopic (exact) mass is 246 g/mol. The lowest BCUT2D eigenvalue weighted by atomic mass is 10.2. The third kappa shape index (κ3) is 2.88. The number of carbonyl (C=O) groups is 1. The first-order valence-corrected chi connectivity index (χ1v) is 6.02. The first kappa shape index (κ1) is 11.7. The van der Waals surface area contributed by atoms with Gasteiger partial charge in [-0.05, 0) is 37.3 Å². The molecule has 0 bridgehead atoms. The Morgan fingerprint density at radius 1 is 1.24 bits per heavy atom. The maximum absolute atomic E-state index is 13.3. The standard InChI is InChI=1S/C14H11FOS/c1-10-6-9-14(17-10)13(16)8-7-11-4-2-3-5-12(11)15/h2-9H,1H3. The molecule has 0 aliphatic carbocycles. The molecule has 0 fully saturated rings. The Kier molecular flexibility index (Phi) is 3.49. The highest BCUT2D eigenvalue weighted by atomic mass is 32.1. The average molecular weight is 246 g/mol. The van der Waals surface area contributed by atoms with Crippen LogP contribution in [-0.2, 0) is 0 Å². The minimum absolute atomic E-state index is 0.0913. The molecule has 0 radical (unpaired) electrons. The Labute approximate surface area is 103 Å². The van der Waals surface area contributed by atoms with Gasteiger partial charge in [-0.25, -0.2) is 4.39 Å². The summed E-state index contributed by atoms with van der Waals surface area (Å²) >= 11 is 1.44. The molecule has 3 heteroatoms. The van der Waals surface area contributed by atoms with Crippen LogP contribution in [0.15, 0.2) is 42.5 Å². The molecule has 0 spiro atoms. The Morgan fingerprint density at radius 2 is 2.00 bits per heavy atom. The molecule has 1 nitrogen and oxygen atoms in total. The van der Waals surface area contributed by atoms with Crippen molar-refractivity contribution in [3.05, 3.63) is 63.6 Å². The number of thiophene rings is 1. The second kappa shape index (κ2) is 5.06. The van der Waals surface area contributed by atoms with Gasteiger partial charge in [0.25, 0.3) is 0 Å². The SMILES string of the molecule is Cc1ccc(C(=O)C=Cc2ccccc2F)s1. The molecule has 0 aliphatic heterocycles. The van der Waals surface area contributed by atoms with Crippen LogP contribution in [-0.4, -0.2) is 5.78 Å². The fraction of sp³-hybridized carbons (Fsp3) is 0.0714. The molecule has 1 aromatic heterocycles. The Hall–Kier alpha value is -1.74. The van der Waals surface area contributed by atoms with Crippen LogP contribution in [0.1, 0.15) is 20.1 Å². The highest BCUT2D eigenvalue weighted by Gasteiger charge is 2.04. The molecule has 1 heterocycles. The van der Waals surface area contributed by atoms with Crippen LogP contribution in [0.4, 0.5) is 4.39 Å². The third-order valence-corrected chi connectivity index (χ3v) is 3.32. The van der Waals surface area contributed by atoms with Crippen LogP contribution in [0.25, 0.3) is 6.08 Å². The quantitative estimate of drug-likeness (QED) is 0.589. The van der Waals surface area contributed by atoms with Gasteiger partial charge in [0, 0.05) is 10.4 Å². The van der Waals surface area contributed by atoms with Gasteiger partial charge >= 0.3 is 0 Å². The molecule has 0 amide bonds. The maximum Gasteiger partial charge on any atom is 0.195 e. The summed E-state index contributed by atoms with van der Waals surface area (Å²) in [6.45, 7) is 1.95. The second-order valence-corrected chi connectivity index (χ2v) is 4.92. The van der Waals surface area contributed by atoms with Gasteiger partial charge in [-0.3, -0.25) is 4.79 Å². The smallest absolute Gasteiger partial charge is 0.195 e. The number of rotatable bonds is 3. The van der Waals surface area contributed by atoms with Crippen LogP contribution < -0.4 is 0 Å². The number of ketones is 1. The summed E-state index contributed by atoms with van der Waals surface area (Å²) in [6, 6.07) is 10.1. The lowest BCUT2D eigenvalue weighted by Crippen LogP contribution is -1.89. The first-order valence-electron chi connectivity index (χ1n) is 5.20. The van der Waals surface area contributed by atoms with Gasteiger partial charge in [0.2, 0.25) is 0 Å². The minimum Gasteiger partial charge on any atom is -0.288 e. The molecule has 0 unspecified atom stereocenters. The number of allylic oxidation sites excluding steroid dienone is 1. The van der Waals surface area contributed by atoms with Crippen molar-refractivity contribution in [2.75, 3.05) is 0 Å². The fourth-order valence-electron chi connectivity index (χ4n) is 1.42. The number of hydrogen-bond donors (Lipinski definition) is 0. The molecule has 86 valence electrons. The Bertz CT molecular complexity index is 569. The molecule has 0 N–H and O–H groups in total. The maximum atomic E-state index is 13.3. The summed E-state index contributed by atoms with van der Waals surface area (Å²) in [5, 5.41) is 0. The predicted molar refractivity (Wildman–Crippen MR) is 68.8 cm³/mol. The van der Waals surface area contributed by atoms with Crippen LogP contribution >= 0.6 is 11.3 Å². The molecule has 2 aromatic rings. The van der Waals surface area contributed by atoms with E-state index in [-0.39, 0.29) is 11.6 Å². The van der Waals surface area contributed by atoms with Crippen molar-refractivity contribution in [3.63, 3.8) is 0 Å². The van der Waals surface area contributed by atoms with E-state index < -0.39 is 0 Å². The summed E-state index contributed by atoms with van der Waals surface area (Å²) in [5.74, 6) is -0.412. The van der Waals surface area contributed by atoms with E-state index in [1.807, 2.05) is 13.0 Å². The van der Waals surface area contributed by atoms with Crippen molar-refractivity contribution in [1.82, 2.24) is 0 Å². The lowest BCUT2D eigenvalue weighted by Gasteiger charge is -1.94. The number of carbonyl (C=O) groups excluding carboxylic acids is 1. The topological polar surface area (TPSA) is 17.1 Å². The van der Waals surface area contributed by atoms with Crippen molar-refractivity contribution in [2.45, 2.75) is 6.92 Å². The van der Waals surface area contributed by atoms with Crippen molar-refractivity contribution in [3.8, 4) is 0 Å². The molecule has 0 aliphatic rings. The van der Waals surface area contributed by atoms with Crippen molar-refractivity contribution < 1.29 is 9.18 Å². The normalized spacial score (nSPS) is 10.9. The van der Waals surface area contributed by atoms with E-state index in [1.165, 1.54) is 29.6 Å². The number of hydrogen-bond acceptors (Lipinski definition) is 2. The largest absolute Gasteiger partial charge is 0.288 e. The molecule has 1 aromatic carbocycles. The minimum atomic E-state index is -0.320. The van der Waals surface area contributed by atoms with Crippen molar-refractivity contribution in [2.24, 2.45) is 0 Å². The molecular formula is C14H11FOS. The average Bonchev–Trinajstić information content (AvgIpc) is 2.74. The van der Waals surface area contributed by atoms with Gasteiger partial charge in [0.1, 0.15) is 5.82 Å². The molecule has 0 atom stereocenters. The van der Waals surface area contributed by atoms with Crippen LogP contribution in [0, 0.1) is 12.7 Å². The summed E-state index contributed by atoms with van der Waals surface area (Å²) in [4.78, 5) is 13.5. The van der Waals surface area contributed by atoms with Crippen molar-refractivity contribution in [1.29, 1.82) is 0 Å². The number of halogens is 1. The summed E-state index contributed by atoms with van der Waals surface area (Å²) in [5.41, 5.74) is 0.425. The van der Waals surface area contributed by atoms with Gasteiger partial charge in [0.05, 0.1) is 4.88 Å². The molecule has 2 rings (SSSR count). The number of aryl methyl sites for hydroxylation is 1. The van der Waals surface area contributed by atoms with Gasteiger partial charge < -0.3 is 0 Å². The highest BCUT2D eigenvalue weighted by molar-refractivity contribution is 7.14. The van der Waals surface area contributed by atoms with E-state index in [1.54, 1.807) is 24.3 Å². The van der Waals surface area contributed by atoms with Gasteiger partial charge in [0.15, 0.2) is 5.78 Å². The van der Waals surface area contributed by atoms with E-state index in [0.29, 0.717) is 10.4 Å². The predicted octanol–water partition coefficient (Wildman–Crippen LogP) is 4.09. The van der Waals surface area contributed by atoms with E-state index in [0.717, 1.165) is 4.88 Å². The number of benzene rings is 1. The first-order chi connectivity index (χ1) is 8.16. The Balaban J connectivity index is 2.17. The van der Waals surface area contributed by atoms with Crippen LogP contribution in [0.5, 0.6) is 0 Å². The van der Waals surface area contributed by atoms with Crippen LogP contribution in [0.3, 0.4) is 0 Å². The van der Waals surface area contributed by atoms with Gasteiger partial charge in [-0.2, -0.15) is 0 Å². The fourth-order valence-corrected chi connectivity index (χ4v) is 2.21. The molecule has 17 heavy (non-hydrogen) atoms.